The normalized spacial score (nSPS) is 23.8. The largest absolute Gasteiger partial charge is 0.497 e. The number of aromatic nitrogens is 2. The van der Waals surface area contributed by atoms with Crippen molar-refractivity contribution in [2.75, 3.05) is 45.7 Å². The fraction of sp³-hybridized carbons (Fsp3) is 0.464. The number of hydrogen-bond acceptors (Lipinski definition) is 5. The molecule has 3 aliphatic rings. The molecular formula is C28H37N5O. The molecule has 6 heteroatoms. The minimum absolute atomic E-state index is 0.563. The average Bonchev–Trinajstić information content (AvgIpc) is 3.26. The zero-order chi connectivity index (χ0) is 23.7. The lowest BCUT2D eigenvalue weighted by Crippen LogP contribution is -2.55. The molecule has 180 valence electrons. The maximum absolute atomic E-state index is 5.30. The van der Waals surface area contributed by atoms with Crippen molar-refractivity contribution in [2.24, 2.45) is 13.0 Å². The fourth-order valence-electron chi connectivity index (χ4n) is 5.71. The summed E-state index contributed by atoms with van der Waals surface area (Å²) < 4.78 is 7.41. The molecule has 2 aromatic carbocycles. The van der Waals surface area contributed by atoms with Gasteiger partial charge in [-0.2, -0.15) is 5.10 Å². The van der Waals surface area contributed by atoms with Gasteiger partial charge in [0.25, 0.3) is 0 Å². The van der Waals surface area contributed by atoms with Crippen LogP contribution in [0, 0.1) is 5.92 Å². The van der Waals surface area contributed by atoms with Crippen molar-refractivity contribution in [3.8, 4) is 17.0 Å². The van der Waals surface area contributed by atoms with Gasteiger partial charge in [-0.3, -0.25) is 9.58 Å². The Balaban J connectivity index is 1.19. The van der Waals surface area contributed by atoms with E-state index in [1.54, 1.807) is 7.11 Å². The highest BCUT2D eigenvalue weighted by Crippen LogP contribution is 2.42. The second kappa shape index (κ2) is 9.80. The Kier molecular flexibility index (Phi) is 6.61. The molecule has 2 bridgehead atoms. The average molecular weight is 460 g/mol. The molecule has 4 atom stereocenters. The predicted octanol–water partition coefficient (Wildman–Crippen LogP) is 4.13. The maximum Gasteiger partial charge on any atom is 0.118 e. The molecule has 0 radical (unpaired) electrons. The predicted molar refractivity (Wildman–Crippen MR) is 138 cm³/mol. The standard InChI is InChI=1S/C28H37N5O/c1-31(2)23-9-5-20(6-10-23)17-29-18-24-15-22-13-14-33(24)19-26(22)28-16-27(30-32(28)3)21-7-11-25(34-4)12-8-21/h5-12,16,22,24,26,29H,13-15,17-19H2,1-4H3/t22-,24+,26-/m0/s1. The smallest absolute Gasteiger partial charge is 0.118 e. The Labute approximate surface area is 203 Å². The van der Waals surface area contributed by atoms with Crippen molar-refractivity contribution >= 4 is 5.69 Å². The highest BCUT2D eigenvalue weighted by molar-refractivity contribution is 5.60. The Bertz CT molecular complexity index is 1090. The second-order valence-electron chi connectivity index (χ2n) is 10.0. The van der Waals surface area contributed by atoms with Crippen molar-refractivity contribution in [2.45, 2.75) is 31.3 Å². The summed E-state index contributed by atoms with van der Waals surface area (Å²) in [6.45, 7) is 4.34. The summed E-state index contributed by atoms with van der Waals surface area (Å²) in [6, 6.07) is 20.0. The molecule has 1 unspecified atom stereocenters. The van der Waals surface area contributed by atoms with Gasteiger partial charge >= 0.3 is 0 Å². The van der Waals surface area contributed by atoms with Gasteiger partial charge in [0.1, 0.15) is 5.75 Å². The first-order valence-electron chi connectivity index (χ1n) is 12.4. The number of fused-ring (bicyclic) bond motifs is 3. The topological polar surface area (TPSA) is 45.6 Å². The lowest BCUT2D eigenvalue weighted by molar-refractivity contribution is 0.0282. The van der Waals surface area contributed by atoms with Gasteiger partial charge in [-0.15, -0.1) is 0 Å². The summed E-state index contributed by atoms with van der Waals surface area (Å²) in [5.41, 5.74) is 6.16. The summed E-state index contributed by atoms with van der Waals surface area (Å²) >= 11 is 0. The first-order valence-corrected chi connectivity index (χ1v) is 12.4. The van der Waals surface area contributed by atoms with Gasteiger partial charge in [-0.05, 0) is 73.3 Å². The van der Waals surface area contributed by atoms with Gasteiger partial charge in [-0.1, -0.05) is 12.1 Å². The van der Waals surface area contributed by atoms with E-state index in [0.717, 1.165) is 42.6 Å². The number of hydrogen-bond donors (Lipinski definition) is 1. The lowest BCUT2D eigenvalue weighted by Gasteiger charge is -2.50. The molecule has 0 amide bonds. The second-order valence-corrected chi connectivity index (χ2v) is 10.0. The summed E-state index contributed by atoms with van der Waals surface area (Å²) in [4.78, 5) is 4.84. The van der Waals surface area contributed by atoms with Crippen LogP contribution in [-0.4, -0.2) is 61.6 Å². The number of nitrogens with one attached hydrogen (secondary N) is 1. The van der Waals surface area contributed by atoms with E-state index in [0.29, 0.717) is 12.0 Å². The number of benzene rings is 2. The summed E-state index contributed by atoms with van der Waals surface area (Å²) in [7, 11) is 7.96. The Hall–Kier alpha value is -2.83. The van der Waals surface area contributed by atoms with Gasteiger partial charge in [0.15, 0.2) is 0 Å². The number of ether oxygens (including phenoxy) is 1. The maximum atomic E-state index is 5.30. The van der Waals surface area contributed by atoms with Crippen molar-refractivity contribution in [1.29, 1.82) is 0 Å². The monoisotopic (exact) mass is 459 g/mol. The Morgan fingerprint density at radius 3 is 2.50 bits per heavy atom. The van der Waals surface area contributed by atoms with Crippen LogP contribution >= 0.6 is 0 Å². The van der Waals surface area contributed by atoms with Crippen LogP contribution in [0.3, 0.4) is 0 Å². The molecule has 34 heavy (non-hydrogen) atoms. The Morgan fingerprint density at radius 2 is 1.85 bits per heavy atom. The van der Waals surface area contributed by atoms with Gasteiger partial charge < -0.3 is 15.0 Å². The molecule has 1 N–H and O–H groups in total. The third-order valence-electron chi connectivity index (χ3n) is 7.72. The quantitative estimate of drug-likeness (QED) is 0.549. The van der Waals surface area contributed by atoms with E-state index in [4.69, 9.17) is 9.84 Å². The molecule has 0 saturated carbocycles. The minimum Gasteiger partial charge on any atom is -0.497 e. The van der Waals surface area contributed by atoms with E-state index in [9.17, 15) is 0 Å². The minimum atomic E-state index is 0.563. The van der Waals surface area contributed by atoms with E-state index in [1.807, 2.05) is 12.1 Å². The van der Waals surface area contributed by atoms with Crippen molar-refractivity contribution in [3.05, 3.63) is 65.9 Å². The van der Waals surface area contributed by atoms with Crippen LogP contribution < -0.4 is 15.0 Å². The third-order valence-corrected chi connectivity index (χ3v) is 7.72. The molecule has 3 aromatic rings. The number of methoxy groups -OCH3 is 1. The van der Waals surface area contributed by atoms with Gasteiger partial charge in [0.2, 0.25) is 0 Å². The zero-order valence-electron chi connectivity index (χ0n) is 20.9. The molecule has 3 aliphatic heterocycles. The van der Waals surface area contributed by atoms with Gasteiger partial charge in [0.05, 0.1) is 12.8 Å². The molecule has 1 aromatic heterocycles. The van der Waals surface area contributed by atoms with Crippen LogP contribution in [0.25, 0.3) is 11.3 Å². The number of rotatable bonds is 8. The lowest BCUT2D eigenvalue weighted by atomic mass is 9.74. The van der Waals surface area contributed by atoms with E-state index in [1.165, 1.54) is 36.3 Å². The van der Waals surface area contributed by atoms with Crippen molar-refractivity contribution in [1.82, 2.24) is 20.0 Å². The third kappa shape index (κ3) is 4.70. The van der Waals surface area contributed by atoms with E-state index < -0.39 is 0 Å². The number of piperidine rings is 3. The van der Waals surface area contributed by atoms with E-state index >= 15 is 0 Å². The van der Waals surface area contributed by atoms with Crippen LogP contribution in [0.1, 0.15) is 30.0 Å². The van der Waals surface area contributed by atoms with E-state index in [2.05, 4.69) is 83.4 Å². The molecular weight excluding hydrogens is 422 g/mol. The first kappa shape index (κ1) is 22.9. The van der Waals surface area contributed by atoms with Gasteiger partial charge in [0, 0.05) is 69.7 Å². The molecule has 3 fully saturated rings. The molecule has 0 spiro atoms. The van der Waals surface area contributed by atoms with Crippen molar-refractivity contribution in [3.63, 3.8) is 0 Å². The van der Waals surface area contributed by atoms with Crippen molar-refractivity contribution < 1.29 is 4.74 Å². The van der Waals surface area contributed by atoms with Crippen LogP contribution in [0.15, 0.2) is 54.6 Å². The highest BCUT2D eigenvalue weighted by atomic mass is 16.5. The highest BCUT2D eigenvalue weighted by Gasteiger charge is 2.41. The fourth-order valence-corrected chi connectivity index (χ4v) is 5.71. The summed E-state index contributed by atoms with van der Waals surface area (Å²) in [5, 5.41) is 8.58. The Morgan fingerprint density at radius 1 is 1.09 bits per heavy atom. The zero-order valence-corrected chi connectivity index (χ0v) is 20.9. The van der Waals surface area contributed by atoms with Crippen LogP contribution in [-0.2, 0) is 13.6 Å². The SMILES string of the molecule is COc1ccc(-c2cc([C@H]3CN4CC[C@H]3C[C@@H]4CNCc3ccc(N(C)C)cc3)n(C)n2)cc1. The summed E-state index contributed by atoms with van der Waals surface area (Å²) in [5.74, 6) is 2.17. The number of anilines is 1. The van der Waals surface area contributed by atoms with Crippen LogP contribution in [0.4, 0.5) is 5.69 Å². The first-order chi connectivity index (χ1) is 16.5. The summed E-state index contributed by atoms with van der Waals surface area (Å²) in [6.07, 6.45) is 2.55. The number of aryl methyl sites for hydroxylation is 1. The molecule has 3 saturated heterocycles. The number of nitrogens with zero attached hydrogens (tertiary/aromatic N) is 4. The molecule has 6 nitrogen and oxygen atoms in total. The molecule has 0 aliphatic carbocycles. The van der Waals surface area contributed by atoms with Gasteiger partial charge in [-0.25, -0.2) is 0 Å². The molecule has 4 heterocycles. The molecule has 6 rings (SSSR count). The van der Waals surface area contributed by atoms with Crippen LogP contribution in [0.2, 0.25) is 0 Å². The van der Waals surface area contributed by atoms with E-state index in [-0.39, 0.29) is 0 Å². The van der Waals surface area contributed by atoms with Crippen LogP contribution in [0.5, 0.6) is 5.75 Å².